The Labute approximate surface area is 320 Å². The predicted molar refractivity (Wildman–Crippen MR) is 222 cm³/mol. The van der Waals surface area contributed by atoms with E-state index in [4.69, 9.17) is 15.0 Å². The van der Waals surface area contributed by atoms with Crippen LogP contribution in [0.15, 0.2) is 207 Å². The summed E-state index contributed by atoms with van der Waals surface area (Å²) in [6, 6.07) is 68.6. The van der Waals surface area contributed by atoms with Crippen LogP contribution in [0.5, 0.6) is 0 Å². The molecule has 0 atom stereocenters. The van der Waals surface area contributed by atoms with E-state index in [1.54, 1.807) is 6.20 Å². The molecule has 258 valence electrons. The fourth-order valence-electron chi connectivity index (χ4n) is 8.23. The first-order chi connectivity index (χ1) is 27.3. The molecule has 0 saturated carbocycles. The molecule has 7 aromatic carbocycles. The van der Waals surface area contributed by atoms with Gasteiger partial charge < -0.3 is 0 Å². The molecule has 0 fully saturated rings. The molecule has 0 amide bonds. The average Bonchev–Trinajstić information content (AvgIpc) is 3.59. The molecule has 2 aromatic heterocycles. The molecule has 4 nitrogen and oxygen atoms in total. The average molecular weight is 703 g/mol. The number of rotatable bonds is 7. The lowest BCUT2D eigenvalue weighted by Crippen LogP contribution is -2.28. The highest BCUT2D eigenvalue weighted by Crippen LogP contribution is 2.58. The summed E-state index contributed by atoms with van der Waals surface area (Å²) in [5, 5.41) is 0. The van der Waals surface area contributed by atoms with E-state index < -0.39 is 5.41 Å². The number of fused-ring (bicyclic) bond motifs is 3. The third kappa shape index (κ3) is 5.55. The highest BCUT2D eigenvalue weighted by molar-refractivity contribution is 5.95. The summed E-state index contributed by atoms with van der Waals surface area (Å²) < 4.78 is 0. The minimum Gasteiger partial charge on any atom is -0.264 e. The molecular weight excluding hydrogens is 669 g/mol. The molecule has 1 aliphatic carbocycles. The van der Waals surface area contributed by atoms with Crippen LogP contribution in [0, 0.1) is 0 Å². The Balaban J connectivity index is 1.09. The second-order valence-electron chi connectivity index (χ2n) is 13.8. The van der Waals surface area contributed by atoms with Crippen molar-refractivity contribution in [1.29, 1.82) is 0 Å². The molecule has 4 heteroatoms. The quantitative estimate of drug-likeness (QED) is 0.166. The highest BCUT2D eigenvalue weighted by atomic mass is 15.0. The van der Waals surface area contributed by atoms with Gasteiger partial charge in [-0.3, -0.25) is 4.98 Å². The summed E-state index contributed by atoms with van der Waals surface area (Å²) in [5.41, 5.74) is 14.4. The van der Waals surface area contributed by atoms with E-state index in [0.717, 1.165) is 33.4 Å². The minimum absolute atomic E-state index is 0.449. The van der Waals surface area contributed by atoms with Gasteiger partial charge in [0.2, 0.25) is 0 Å². The lowest BCUT2D eigenvalue weighted by molar-refractivity contribution is 0.768. The maximum absolute atomic E-state index is 5.04. The Hall–Kier alpha value is -7.30. The molecule has 10 rings (SSSR count). The number of nitrogens with zero attached hydrogens (tertiary/aromatic N) is 4. The van der Waals surface area contributed by atoms with Crippen molar-refractivity contribution in [3.63, 3.8) is 0 Å². The fraction of sp³-hybridized carbons (Fsp3) is 0.0196. The van der Waals surface area contributed by atoms with Crippen molar-refractivity contribution in [1.82, 2.24) is 19.9 Å². The van der Waals surface area contributed by atoms with Crippen LogP contribution in [0.1, 0.15) is 22.3 Å². The number of hydrogen-bond acceptors (Lipinski definition) is 4. The van der Waals surface area contributed by atoms with E-state index in [0.29, 0.717) is 17.5 Å². The minimum atomic E-state index is -0.449. The summed E-state index contributed by atoms with van der Waals surface area (Å²) in [5.74, 6) is 1.89. The lowest BCUT2D eigenvalue weighted by Gasteiger charge is -2.34. The summed E-state index contributed by atoms with van der Waals surface area (Å²) in [6.45, 7) is 0. The largest absolute Gasteiger partial charge is 0.264 e. The first-order valence-corrected chi connectivity index (χ1v) is 18.5. The van der Waals surface area contributed by atoms with Crippen LogP contribution in [0.3, 0.4) is 0 Å². The second kappa shape index (κ2) is 13.6. The van der Waals surface area contributed by atoms with Crippen molar-refractivity contribution in [2.24, 2.45) is 0 Å². The SMILES string of the molecule is c1ccc(-c2nc(-c3ccc(-c4cccnc4)cc3)nc(-c3ccc(-c4cccc5c4-c4ccccc4C5(c4ccccc4)c4ccccc4)cc3)n2)cc1. The van der Waals surface area contributed by atoms with Gasteiger partial charge in [0.05, 0.1) is 5.41 Å². The first kappa shape index (κ1) is 32.4. The van der Waals surface area contributed by atoms with E-state index in [1.165, 1.54) is 38.9 Å². The van der Waals surface area contributed by atoms with Crippen LogP contribution in [-0.2, 0) is 5.41 Å². The Bertz CT molecular complexity index is 2730. The summed E-state index contributed by atoms with van der Waals surface area (Å²) in [4.78, 5) is 19.3. The van der Waals surface area contributed by atoms with Gasteiger partial charge in [0.1, 0.15) is 0 Å². The molecule has 0 unspecified atom stereocenters. The van der Waals surface area contributed by atoms with Crippen molar-refractivity contribution in [3.05, 3.63) is 229 Å². The molecule has 0 bridgehead atoms. The molecule has 0 aliphatic heterocycles. The number of aromatic nitrogens is 4. The van der Waals surface area contributed by atoms with Crippen molar-refractivity contribution < 1.29 is 0 Å². The van der Waals surface area contributed by atoms with Gasteiger partial charge in [-0.25, -0.2) is 15.0 Å². The van der Waals surface area contributed by atoms with E-state index in [2.05, 4.69) is 163 Å². The van der Waals surface area contributed by atoms with Gasteiger partial charge in [-0.1, -0.05) is 188 Å². The molecule has 0 spiro atoms. The zero-order chi connectivity index (χ0) is 36.6. The van der Waals surface area contributed by atoms with Crippen molar-refractivity contribution >= 4 is 0 Å². The van der Waals surface area contributed by atoms with E-state index in [1.807, 2.05) is 42.6 Å². The normalized spacial score (nSPS) is 12.5. The van der Waals surface area contributed by atoms with Crippen molar-refractivity contribution in [2.45, 2.75) is 5.41 Å². The van der Waals surface area contributed by atoms with Gasteiger partial charge in [-0.05, 0) is 61.7 Å². The second-order valence-corrected chi connectivity index (χ2v) is 13.8. The van der Waals surface area contributed by atoms with E-state index in [-0.39, 0.29) is 0 Å². The van der Waals surface area contributed by atoms with E-state index >= 15 is 0 Å². The highest BCUT2D eigenvalue weighted by Gasteiger charge is 2.46. The van der Waals surface area contributed by atoms with Gasteiger partial charge in [0, 0.05) is 29.1 Å². The number of benzene rings is 7. The Morgan fingerprint density at radius 2 is 0.764 bits per heavy atom. The maximum atomic E-state index is 5.04. The third-order valence-corrected chi connectivity index (χ3v) is 10.7. The Morgan fingerprint density at radius 1 is 0.309 bits per heavy atom. The van der Waals surface area contributed by atoms with Crippen LogP contribution in [0.25, 0.3) is 67.5 Å². The first-order valence-electron chi connectivity index (χ1n) is 18.5. The summed E-state index contributed by atoms with van der Waals surface area (Å²) in [6.07, 6.45) is 3.66. The zero-order valence-corrected chi connectivity index (χ0v) is 29.9. The predicted octanol–water partition coefficient (Wildman–Crippen LogP) is 12.0. The fourth-order valence-corrected chi connectivity index (χ4v) is 8.23. The molecule has 0 N–H and O–H groups in total. The maximum Gasteiger partial charge on any atom is 0.164 e. The molecule has 2 heterocycles. The number of pyridine rings is 1. The zero-order valence-electron chi connectivity index (χ0n) is 29.9. The van der Waals surface area contributed by atoms with Crippen molar-refractivity contribution in [3.8, 4) is 67.5 Å². The van der Waals surface area contributed by atoms with Crippen molar-refractivity contribution in [2.75, 3.05) is 0 Å². The monoisotopic (exact) mass is 702 g/mol. The standard InChI is InChI=1S/C51H34N4/c1-4-14-37(15-5-1)48-53-49(38-29-25-35(26-30-38)40-16-13-33-52-34-40)55-50(54-48)39-31-27-36(28-32-39)43-22-12-24-46-47(43)44-21-10-11-23-45(44)51(46,41-17-6-2-7-18-41)42-19-8-3-9-20-42/h1-34H. The van der Waals surface area contributed by atoms with Crippen LogP contribution < -0.4 is 0 Å². The van der Waals surface area contributed by atoms with Gasteiger partial charge in [-0.2, -0.15) is 0 Å². The van der Waals surface area contributed by atoms with Gasteiger partial charge in [0.15, 0.2) is 17.5 Å². The molecule has 1 aliphatic rings. The Morgan fingerprint density at radius 3 is 1.35 bits per heavy atom. The van der Waals surface area contributed by atoms with Gasteiger partial charge in [0.25, 0.3) is 0 Å². The van der Waals surface area contributed by atoms with Crippen LogP contribution >= 0.6 is 0 Å². The number of hydrogen-bond donors (Lipinski definition) is 0. The summed E-state index contributed by atoms with van der Waals surface area (Å²) in [7, 11) is 0. The van der Waals surface area contributed by atoms with Crippen LogP contribution in [-0.4, -0.2) is 19.9 Å². The Kier molecular flexibility index (Phi) is 8.00. The molecule has 0 saturated heterocycles. The van der Waals surface area contributed by atoms with E-state index in [9.17, 15) is 0 Å². The van der Waals surface area contributed by atoms with Gasteiger partial charge in [-0.15, -0.1) is 0 Å². The smallest absolute Gasteiger partial charge is 0.164 e. The molecule has 55 heavy (non-hydrogen) atoms. The molecule has 0 radical (unpaired) electrons. The third-order valence-electron chi connectivity index (χ3n) is 10.7. The van der Waals surface area contributed by atoms with Crippen LogP contribution in [0.4, 0.5) is 0 Å². The molecular formula is C51H34N4. The van der Waals surface area contributed by atoms with Crippen LogP contribution in [0.2, 0.25) is 0 Å². The topological polar surface area (TPSA) is 51.6 Å². The summed E-state index contributed by atoms with van der Waals surface area (Å²) >= 11 is 0. The lowest BCUT2D eigenvalue weighted by atomic mass is 9.67. The molecule has 9 aromatic rings. The van der Waals surface area contributed by atoms with Gasteiger partial charge >= 0.3 is 0 Å².